The van der Waals surface area contributed by atoms with Crippen molar-refractivity contribution in [2.24, 2.45) is 11.8 Å². The van der Waals surface area contributed by atoms with E-state index in [4.69, 9.17) is 14.9 Å². The molecule has 4 nitrogen and oxygen atoms in total. The average Bonchev–Trinajstić information content (AvgIpc) is 2.16. The Kier molecular flexibility index (Phi) is 4.12. The van der Waals surface area contributed by atoms with E-state index in [1.54, 1.807) is 0 Å². The molecule has 4 heteroatoms. The molecular weight excluding hydrogens is 172 g/mol. The van der Waals surface area contributed by atoms with Crippen LogP contribution in [0, 0.1) is 11.8 Å². The fourth-order valence-electron chi connectivity index (χ4n) is 2.09. The quantitative estimate of drug-likeness (QED) is 0.551. The summed E-state index contributed by atoms with van der Waals surface area (Å²) in [5.74, 6) is -0.387. The van der Waals surface area contributed by atoms with Crippen LogP contribution in [0.5, 0.6) is 0 Å². The smallest absolute Gasteiger partial charge is 0.157 e. The molecule has 0 aromatic carbocycles. The van der Waals surface area contributed by atoms with E-state index in [1.165, 1.54) is 7.11 Å². The summed E-state index contributed by atoms with van der Waals surface area (Å²) in [7, 11) is 1.43. The van der Waals surface area contributed by atoms with Crippen molar-refractivity contribution in [1.29, 1.82) is 0 Å². The number of rotatable bonds is 3. The van der Waals surface area contributed by atoms with Crippen LogP contribution in [-0.2, 0) is 4.74 Å². The summed E-state index contributed by atoms with van der Waals surface area (Å²) in [6.07, 6.45) is 1.37. The van der Waals surface area contributed by atoms with Crippen molar-refractivity contribution in [3.05, 3.63) is 0 Å². The molecule has 3 atom stereocenters. The van der Waals surface area contributed by atoms with Gasteiger partial charge in [-0.15, -0.1) is 0 Å². The molecule has 0 radical (unpaired) electrons. The zero-order chi connectivity index (χ0) is 9.84. The van der Waals surface area contributed by atoms with Crippen LogP contribution < -0.4 is 0 Å². The summed E-state index contributed by atoms with van der Waals surface area (Å²) in [5, 5.41) is 27.6. The van der Waals surface area contributed by atoms with Gasteiger partial charge in [0.2, 0.25) is 0 Å². The van der Waals surface area contributed by atoms with Gasteiger partial charge in [-0.05, 0) is 12.8 Å². The standard InChI is InChI=1S/C9H18O4/c1-13-9(12)7-5-3-2-4-6(7)8(10)11/h6-12H,2-5H2,1H3/t6-,7+,9?/m1/s1. The zero-order valence-corrected chi connectivity index (χ0v) is 7.89. The molecule has 78 valence electrons. The summed E-state index contributed by atoms with van der Waals surface area (Å²) >= 11 is 0. The zero-order valence-electron chi connectivity index (χ0n) is 7.89. The van der Waals surface area contributed by atoms with Crippen LogP contribution in [0.25, 0.3) is 0 Å². The fourth-order valence-corrected chi connectivity index (χ4v) is 2.09. The van der Waals surface area contributed by atoms with E-state index in [1.807, 2.05) is 0 Å². The summed E-state index contributed by atoms with van der Waals surface area (Å²) in [6, 6.07) is 0. The van der Waals surface area contributed by atoms with Gasteiger partial charge in [-0.3, -0.25) is 0 Å². The molecule has 0 aromatic heterocycles. The van der Waals surface area contributed by atoms with Gasteiger partial charge < -0.3 is 20.1 Å². The maximum absolute atomic E-state index is 9.46. The van der Waals surface area contributed by atoms with E-state index in [9.17, 15) is 5.11 Å². The number of methoxy groups -OCH3 is 1. The first-order valence-electron chi connectivity index (χ1n) is 4.74. The summed E-state index contributed by atoms with van der Waals surface area (Å²) in [6.45, 7) is 0. The van der Waals surface area contributed by atoms with Gasteiger partial charge in [-0.2, -0.15) is 0 Å². The number of ether oxygens (including phenoxy) is 1. The molecule has 1 rings (SSSR count). The maximum Gasteiger partial charge on any atom is 0.157 e. The lowest BCUT2D eigenvalue weighted by Crippen LogP contribution is -2.38. The highest BCUT2D eigenvalue weighted by molar-refractivity contribution is 4.78. The van der Waals surface area contributed by atoms with E-state index in [2.05, 4.69) is 0 Å². The summed E-state index contributed by atoms with van der Waals surface area (Å²) in [4.78, 5) is 0. The Labute approximate surface area is 78.1 Å². The summed E-state index contributed by atoms with van der Waals surface area (Å²) in [5.41, 5.74) is 0. The first-order valence-corrected chi connectivity index (χ1v) is 4.74. The molecule has 0 aromatic rings. The number of hydrogen-bond acceptors (Lipinski definition) is 4. The van der Waals surface area contributed by atoms with Gasteiger partial charge in [-0.25, -0.2) is 0 Å². The van der Waals surface area contributed by atoms with Crippen molar-refractivity contribution in [1.82, 2.24) is 0 Å². The molecule has 1 fully saturated rings. The van der Waals surface area contributed by atoms with E-state index in [0.717, 1.165) is 25.7 Å². The predicted molar refractivity (Wildman–Crippen MR) is 46.7 cm³/mol. The van der Waals surface area contributed by atoms with Gasteiger partial charge in [-0.1, -0.05) is 12.8 Å². The minimum absolute atomic E-state index is 0.140. The van der Waals surface area contributed by atoms with Gasteiger partial charge in [0.25, 0.3) is 0 Å². The molecule has 1 saturated carbocycles. The third-order valence-electron chi connectivity index (χ3n) is 2.87. The van der Waals surface area contributed by atoms with E-state index >= 15 is 0 Å². The Morgan fingerprint density at radius 2 is 1.62 bits per heavy atom. The highest BCUT2D eigenvalue weighted by Gasteiger charge is 2.34. The molecule has 0 saturated heterocycles. The Morgan fingerprint density at radius 1 is 1.08 bits per heavy atom. The lowest BCUT2D eigenvalue weighted by molar-refractivity contribution is -0.181. The lowest BCUT2D eigenvalue weighted by atomic mass is 9.78. The molecule has 0 spiro atoms. The highest BCUT2D eigenvalue weighted by atomic mass is 16.6. The average molecular weight is 190 g/mol. The number of hydrogen-bond donors (Lipinski definition) is 3. The molecule has 0 bridgehead atoms. The number of aliphatic hydroxyl groups is 3. The fraction of sp³-hybridized carbons (Fsp3) is 1.00. The molecule has 1 aliphatic rings. The van der Waals surface area contributed by atoms with E-state index < -0.39 is 12.6 Å². The third kappa shape index (κ3) is 2.64. The minimum Gasteiger partial charge on any atom is -0.368 e. The molecule has 1 unspecified atom stereocenters. The second-order valence-corrected chi connectivity index (χ2v) is 3.65. The van der Waals surface area contributed by atoms with Gasteiger partial charge in [0.15, 0.2) is 12.6 Å². The van der Waals surface area contributed by atoms with Crippen LogP contribution in [-0.4, -0.2) is 35.0 Å². The minimum atomic E-state index is -1.34. The third-order valence-corrected chi connectivity index (χ3v) is 2.87. The first kappa shape index (κ1) is 10.9. The van der Waals surface area contributed by atoms with Crippen LogP contribution in [0.1, 0.15) is 25.7 Å². The van der Waals surface area contributed by atoms with Crippen LogP contribution >= 0.6 is 0 Å². The maximum atomic E-state index is 9.46. The Bertz CT molecular complexity index is 149. The normalized spacial score (nSPS) is 32.1. The van der Waals surface area contributed by atoms with Gasteiger partial charge in [0.1, 0.15) is 0 Å². The number of aliphatic hydroxyl groups excluding tert-OH is 2. The van der Waals surface area contributed by atoms with Gasteiger partial charge >= 0.3 is 0 Å². The molecule has 0 aliphatic heterocycles. The molecular formula is C9H18O4. The summed E-state index contributed by atoms with van der Waals surface area (Å²) < 4.78 is 4.80. The predicted octanol–water partition coefficient (Wildman–Crippen LogP) is 0.0683. The highest BCUT2D eigenvalue weighted by Crippen LogP contribution is 2.34. The molecule has 0 heterocycles. The molecule has 0 amide bonds. The Hall–Kier alpha value is -0.160. The van der Waals surface area contributed by atoms with Gasteiger partial charge in [0.05, 0.1) is 0 Å². The monoisotopic (exact) mass is 190 g/mol. The Balaban J connectivity index is 2.56. The first-order chi connectivity index (χ1) is 6.16. The van der Waals surface area contributed by atoms with E-state index in [0.29, 0.717) is 0 Å². The second kappa shape index (κ2) is 4.91. The van der Waals surface area contributed by atoms with Crippen molar-refractivity contribution < 1.29 is 20.1 Å². The van der Waals surface area contributed by atoms with Crippen LogP contribution in [0.15, 0.2) is 0 Å². The van der Waals surface area contributed by atoms with Crippen molar-refractivity contribution in [2.45, 2.75) is 38.3 Å². The van der Waals surface area contributed by atoms with E-state index in [-0.39, 0.29) is 11.8 Å². The van der Waals surface area contributed by atoms with Crippen LogP contribution in [0.4, 0.5) is 0 Å². The molecule has 1 aliphatic carbocycles. The van der Waals surface area contributed by atoms with Crippen LogP contribution in [0.3, 0.4) is 0 Å². The second-order valence-electron chi connectivity index (χ2n) is 3.65. The van der Waals surface area contributed by atoms with Crippen molar-refractivity contribution >= 4 is 0 Å². The lowest BCUT2D eigenvalue weighted by Gasteiger charge is -2.34. The SMILES string of the molecule is COC(O)[C@H]1CCCC[C@H]1C(O)O. The largest absolute Gasteiger partial charge is 0.368 e. The van der Waals surface area contributed by atoms with Gasteiger partial charge in [0, 0.05) is 18.9 Å². The van der Waals surface area contributed by atoms with Crippen molar-refractivity contribution in [3.63, 3.8) is 0 Å². The van der Waals surface area contributed by atoms with Crippen LogP contribution in [0.2, 0.25) is 0 Å². The topological polar surface area (TPSA) is 69.9 Å². The van der Waals surface area contributed by atoms with Crippen molar-refractivity contribution in [3.8, 4) is 0 Å². The molecule has 3 N–H and O–H groups in total. The Morgan fingerprint density at radius 3 is 2.08 bits per heavy atom. The van der Waals surface area contributed by atoms with Crippen molar-refractivity contribution in [2.75, 3.05) is 7.11 Å². The molecule has 13 heavy (non-hydrogen) atoms.